The molecule has 1 atom stereocenters. The van der Waals surface area contributed by atoms with Crippen molar-refractivity contribution in [3.8, 4) is 5.75 Å². The molecule has 1 fully saturated rings. The van der Waals surface area contributed by atoms with Crippen molar-refractivity contribution in [1.29, 1.82) is 0 Å². The molecule has 0 amide bonds. The van der Waals surface area contributed by atoms with Crippen molar-refractivity contribution in [2.45, 2.75) is 50.7 Å². The molecule has 4 N–H and O–H groups in total. The molecule has 0 bridgehead atoms. The fourth-order valence-corrected chi connectivity index (χ4v) is 2.25. The van der Waals surface area contributed by atoms with E-state index in [2.05, 4.69) is 0 Å². The van der Waals surface area contributed by atoms with Crippen molar-refractivity contribution in [3.63, 3.8) is 0 Å². The van der Waals surface area contributed by atoms with Gasteiger partial charge in [-0.15, -0.1) is 0 Å². The normalized spacial score (nSPS) is 17.0. The minimum atomic E-state index is -0.486. The van der Waals surface area contributed by atoms with Crippen LogP contribution >= 0.6 is 0 Å². The number of hydrogen-bond acceptors (Lipinski definition) is 4. The van der Waals surface area contributed by atoms with Crippen LogP contribution in [0.1, 0.15) is 50.2 Å². The Morgan fingerprint density at radius 1 is 1.30 bits per heavy atom. The van der Waals surface area contributed by atoms with E-state index in [-0.39, 0.29) is 6.10 Å². The summed E-state index contributed by atoms with van der Waals surface area (Å²) in [5.74, 6) is 0.758. The maximum atomic E-state index is 9.60. The number of ether oxygens (including phenoxy) is 1. The van der Waals surface area contributed by atoms with Gasteiger partial charge in [0.1, 0.15) is 5.75 Å². The third-order valence-corrected chi connectivity index (χ3v) is 3.49. The first-order valence-electron chi connectivity index (χ1n) is 7.37. The Bertz CT molecular complexity index is 364. The van der Waals surface area contributed by atoms with Gasteiger partial charge in [0.05, 0.1) is 19.3 Å². The smallest absolute Gasteiger partial charge is 0.119 e. The quantitative estimate of drug-likeness (QED) is 0.792. The topological polar surface area (TPSA) is 75.7 Å². The highest BCUT2D eigenvalue weighted by Crippen LogP contribution is 2.20. The molecule has 2 rings (SSSR count). The van der Waals surface area contributed by atoms with Crippen molar-refractivity contribution in [2.24, 2.45) is 5.73 Å². The number of aliphatic hydroxyl groups is 2. The lowest BCUT2D eigenvalue weighted by Crippen LogP contribution is -2.09. The van der Waals surface area contributed by atoms with Crippen LogP contribution in [0.5, 0.6) is 5.75 Å². The zero-order valence-electron chi connectivity index (χ0n) is 12.3. The van der Waals surface area contributed by atoms with Crippen molar-refractivity contribution < 1.29 is 14.9 Å². The van der Waals surface area contributed by atoms with Crippen molar-refractivity contribution in [3.05, 3.63) is 29.8 Å². The van der Waals surface area contributed by atoms with Crippen LogP contribution in [0, 0.1) is 0 Å². The van der Waals surface area contributed by atoms with E-state index in [0.29, 0.717) is 13.0 Å². The Balaban J connectivity index is 0.000000240. The molecule has 0 saturated heterocycles. The molecule has 1 aromatic carbocycles. The summed E-state index contributed by atoms with van der Waals surface area (Å²) in [5.41, 5.74) is 6.20. The summed E-state index contributed by atoms with van der Waals surface area (Å²) in [5, 5.41) is 18.5. The van der Waals surface area contributed by atoms with Crippen molar-refractivity contribution in [2.75, 3.05) is 13.7 Å². The predicted molar refractivity (Wildman–Crippen MR) is 80.7 cm³/mol. The van der Waals surface area contributed by atoms with Gasteiger partial charge in [0.15, 0.2) is 0 Å². The fourth-order valence-electron chi connectivity index (χ4n) is 2.25. The molecular formula is C16H27NO3. The summed E-state index contributed by atoms with van der Waals surface area (Å²) in [7, 11) is 1.61. The monoisotopic (exact) mass is 281 g/mol. The highest BCUT2D eigenvalue weighted by Gasteiger charge is 2.08. The lowest BCUT2D eigenvalue weighted by Gasteiger charge is -2.14. The lowest BCUT2D eigenvalue weighted by atomic mass is 9.98. The van der Waals surface area contributed by atoms with E-state index < -0.39 is 6.10 Å². The number of benzene rings is 1. The van der Waals surface area contributed by atoms with Crippen LogP contribution in [-0.2, 0) is 0 Å². The minimum Gasteiger partial charge on any atom is -0.497 e. The number of hydrogen-bond donors (Lipinski definition) is 3. The molecule has 1 aromatic rings. The number of methoxy groups -OCH3 is 1. The van der Waals surface area contributed by atoms with Crippen LogP contribution in [0.2, 0.25) is 0 Å². The molecule has 1 aliphatic carbocycles. The predicted octanol–water partition coefficient (Wildman–Crippen LogP) is 2.39. The molecule has 1 aliphatic rings. The molecule has 114 valence electrons. The van der Waals surface area contributed by atoms with E-state index in [0.717, 1.165) is 24.2 Å². The molecule has 20 heavy (non-hydrogen) atoms. The Morgan fingerprint density at radius 3 is 2.50 bits per heavy atom. The second kappa shape index (κ2) is 9.75. The van der Waals surface area contributed by atoms with Gasteiger partial charge in [0, 0.05) is 0 Å². The van der Waals surface area contributed by atoms with Gasteiger partial charge in [-0.05, 0) is 43.5 Å². The van der Waals surface area contributed by atoms with Crippen LogP contribution in [-0.4, -0.2) is 30.0 Å². The molecule has 1 saturated carbocycles. The van der Waals surface area contributed by atoms with Gasteiger partial charge >= 0.3 is 0 Å². The zero-order chi connectivity index (χ0) is 14.8. The van der Waals surface area contributed by atoms with E-state index in [1.165, 1.54) is 19.3 Å². The Hall–Kier alpha value is -1.10. The first kappa shape index (κ1) is 17.0. The SMILES string of the molecule is COc1cccc([C@H](O)CCN)c1.OC1CCCCC1. The molecule has 0 aliphatic heterocycles. The van der Waals surface area contributed by atoms with Crippen molar-refractivity contribution in [1.82, 2.24) is 0 Å². The lowest BCUT2D eigenvalue weighted by molar-refractivity contribution is 0.130. The van der Waals surface area contributed by atoms with Crippen molar-refractivity contribution >= 4 is 0 Å². The molecule has 4 nitrogen and oxygen atoms in total. The summed E-state index contributed by atoms with van der Waals surface area (Å²) >= 11 is 0. The van der Waals surface area contributed by atoms with Gasteiger partial charge in [-0.25, -0.2) is 0 Å². The highest BCUT2D eigenvalue weighted by molar-refractivity contribution is 5.29. The summed E-state index contributed by atoms with van der Waals surface area (Å²) in [6.45, 7) is 0.485. The summed E-state index contributed by atoms with van der Waals surface area (Å²) in [6.07, 6.45) is 6.01. The van der Waals surface area contributed by atoms with Gasteiger partial charge < -0.3 is 20.7 Å². The molecule has 0 heterocycles. The van der Waals surface area contributed by atoms with E-state index >= 15 is 0 Å². The first-order chi connectivity index (χ1) is 9.67. The van der Waals surface area contributed by atoms with E-state index in [4.69, 9.17) is 15.6 Å². The third-order valence-electron chi connectivity index (χ3n) is 3.49. The minimum absolute atomic E-state index is 0.0359. The zero-order valence-corrected chi connectivity index (χ0v) is 12.3. The van der Waals surface area contributed by atoms with Crippen LogP contribution in [0.3, 0.4) is 0 Å². The Labute approximate surface area is 121 Å². The van der Waals surface area contributed by atoms with Crippen LogP contribution in [0.25, 0.3) is 0 Å². The molecule has 0 radical (unpaired) electrons. The van der Waals surface area contributed by atoms with Gasteiger partial charge in [-0.2, -0.15) is 0 Å². The van der Waals surface area contributed by atoms with Gasteiger partial charge in [-0.3, -0.25) is 0 Å². The summed E-state index contributed by atoms with van der Waals surface area (Å²) in [6, 6.07) is 7.38. The third kappa shape index (κ3) is 6.37. The molecule has 0 unspecified atom stereocenters. The fraction of sp³-hybridized carbons (Fsp3) is 0.625. The molecule has 0 aromatic heterocycles. The second-order valence-electron chi connectivity index (χ2n) is 5.16. The number of nitrogens with two attached hydrogens (primary N) is 1. The molecular weight excluding hydrogens is 254 g/mol. The van der Waals surface area contributed by atoms with Gasteiger partial charge in [0.2, 0.25) is 0 Å². The van der Waals surface area contributed by atoms with Crippen LogP contribution < -0.4 is 10.5 Å². The number of aliphatic hydroxyl groups excluding tert-OH is 2. The van der Waals surface area contributed by atoms with Crippen LogP contribution in [0.15, 0.2) is 24.3 Å². The molecule has 0 spiro atoms. The van der Waals surface area contributed by atoms with Gasteiger partial charge in [0.25, 0.3) is 0 Å². The van der Waals surface area contributed by atoms with Crippen LogP contribution in [0.4, 0.5) is 0 Å². The Kier molecular flexibility index (Phi) is 8.26. The largest absolute Gasteiger partial charge is 0.497 e. The van der Waals surface area contributed by atoms with Gasteiger partial charge in [-0.1, -0.05) is 31.4 Å². The summed E-state index contributed by atoms with van der Waals surface area (Å²) < 4.78 is 5.04. The van der Waals surface area contributed by atoms with E-state index in [1.54, 1.807) is 7.11 Å². The number of rotatable bonds is 4. The maximum Gasteiger partial charge on any atom is 0.119 e. The second-order valence-corrected chi connectivity index (χ2v) is 5.16. The maximum absolute atomic E-state index is 9.60. The molecule has 4 heteroatoms. The average Bonchev–Trinajstić information content (AvgIpc) is 2.49. The summed E-state index contributed by atoms with van der Waals surface area (Å²) in [4.78, 5) is 0. The Morgan fingerprint density at radius 2 is 2.00 bits per heavy atom. The average molecular weight is 281 g/mol. The van der Waals surface area contributed by atoms with E-state index in [1.807, 2.05) is 24.3 Å². The standard InChI is InChI=1S/C10H15NO2.C6H12O/c1-13-9-4-2-3-8(7-9)10(12)5-6-11;7-6-4-2-1-3-5-6/h2-4,7,10,12H,5-6,11H2,1H3;6-7H,1-5H2/t10-;/m1./s1. The highest BCUT2D eigenvalue weighted by atomic mass is 16.5. The van der Waals surface area contributed by atoms with E-state index in [9.17, 15) is 5.11 Å². The first-order valence-corrected chi connectivity index (χ1v) is 7.37.